The van der Waals surface area contributed by atoms with Crippen LogP contribution in [0.5, 0.6) is 11.5 Å². The lowest BCUT2D eigenvalue weighted by Crippen LogP contribution is -2.45. The average Bonchev–Trinajstić information content (AvgIpc) is 2.20. The van der Waals surface area contributed by atoms with Gasteiger partial charge in [-0.1, -0.05) is 11.6 Å². The number of alkyl halides is 2. The van der Waals surface area contributed by atoms with Crippen molar-refractivity contribution in [2.24, 2.45) is 0 Å². The standard InChI is InChI=1S/C9H7ClF2O4/c1-15-7-4-5(10)2-3-6(7)16-9(11,12)8(13)14/h2-4H,1H3,(H,13,14)/p-1. The van der Waals surface area contributed by atoms with Crippen LogP contribution >= 0.6 is 11.6 Å². The summed E-state index contributed by atoms with van der Waals surface area (Å²) in [6, 6.07) is 3.53. The molecule has 1 aromatic carbocycles. The van der Waals surface area contributed by atoms with Gasteiger partial charge in [0.05, 0.1) is 7.11 Å². The van der Waals surface area contributed by atoms with Gasteiger partial charge < -0.3 is 19.4 Å². The molecule has 88 valence electrons. The summed E-state index contributed by atoms with van der Waals surface area (Å²) < 4.78 is 34.0. The van der Waals surface area contributed by atoms with Crippen LogP contribution in [0.15, 0.2) is 18.2 Å². The van der Waals surface area contributed by atoms with Crippen molar-refractivity contribution < 1.29 is 28.2 Å². The summed E-state index contributed by atoms with van der Waals surface area (Å²) in [5.41, 5.74) is 0. The molecule has 0 aliphatic carbocycles. The summed E-state index contributed by atoms with van der Waals surface area (Å²) in [6.07, 6.45) is -4.43. The molecule has 0 spiro atoms. The third kappa shape index (κ3) is 2.73. The quantitative estimate of drug-likeness (QED) is 0.803. The summed E-state index contributed by atoms with van der Waals surface area (Å²) in [5, 5.41) is 10.3. The number of rotatable bonds is 4. The lowest BCUT2D eigenvalue weighted by Gasteiger charge is -2.19. The van der Waals surface area contributed by atoms with E-state index in [0.717, 1.165) is 6.07 Å². The van der Waals surface area contributed by atoms with Crippen LogP contribution in [0.4, 0.5) is 8.78 Å². The van der Waals surface area contributed by atoms with Crippen molar-refractivity contribution in [3.63, 3.8) is 0 Å². The van der Waals surface area contributed by atoms with Gasteiger partial charge in [0.2, 0.25) is 0 Å². The number of aliphatic carboxylic acids is 1. The number of carbonyl (C=O) groups excluding carboxylic acids is 1. The van der Waals surface area contributed by atoms with Gasteiger partial charge >= 0.3 is 6.11 Å². The lowest BCUT2D eigenvalue weighted by molar-refractivity contribution is -0.350. The van der Waals surface area contributed by atoms with E-state index < -0.39 is 17.8 Å². The van der Waals surface area contributed by atoms with Crippen LogP contribution in [0.1, 0.15) is 0 Å². The number of hydrogen-bond acceptors (Lipinski definition) is 4. The second-order valence-corrected chi connectivity index (χ2v) is 3.14. The van der Waals surface area contributed by atoms with E-state index in [1.165, 1.54) is 19.2 Å². The highest BCUT2D eigenvalue weighted by Crippen LogP contribution is 2.33. The summed E-state index contributed by atoms with van der Waals surface area (Å²) in [5.74, 6) is -3.18. The molecule has 0 aliphatic rings. The maximum absolute atomic E-state index is 12.7. The van der Waals surface area contributed by atoms with Crippen LogP contribution in [-0.2, 0) is 4.79 Å². The van der Waals surface area contributed by atoms with E-state index in [9.17, 15) is 18.7 Å². The van der Waals surface area contributed by atoms with Crippen LogP contribution in [0, 0.1) is 0 Å². The minimum absolute atomic E-state index is 0.103. The molecule has 0 heterocycles. The number of carboxylic acids is 1. The third-order valence-electron chi connectivity index (χ3n) is 1.60. The Kier molecular flexibility index (Phi) is 3.54. The molecular formula is C9H6ClF2O4-. The zero-order valence-electron chi connectivity index (χ0n) is 8.00. The fourth-order valence-corrected chi connectivity index (χ4v) is 1.07. The number of halogens is 3. The molecule has 0 unspecified atom stereocenters. The Hall–Kier alpha value is -1.56. The molecule has 4 nitrogen and oxygen atoms in total. The summed E-state index contributed by atoms with van der Waals surface area (Å²) in [6.45, 7) is 0. The van der Waals surface area contributed by atoms with E-state index in [1.54, 1.807) is 0 Å². The van der Waals surface area contributed by atoms with Crippen molar-refractivity contribution in [1.82, 2.24) is 0 Å². The predicted molar refractivity (Wildman–Crippen MR) is 48.6 cm³/mol. The minimum Gasteiger partial charge on any atom is -0.541 e. The monoisotopic (exact) mass is 251 g/mol. The van der Waals surface area contributed by atoms with Gasteiger partial charge in [0.1, 0.15) is 0 Å². The lowest BCUT2D eigenvalue weighted by atomic mass is 10.3. The molecular weight excluding hydrogens is 246 g/mol. The van der Waals surface area contributed by atoms with Gasteiger partial charge in [-0.2, -0.15) is 8.78 Å². The molecule has 1 aromatic rings. The van der Waals surface area contributed by atoms with Crippen LogP contribution in [0.25, 0.3) is 0 Å². The van der Waals surface area contributed by atoms with Crippen molar-refractivity contribution in [2.75, 3.05) is 7.11 Å². The van der Waals surface area contributed by atoms with Crippen molar-refractivity contribution in [3.05, 3.63) is 23.2 Å². The van der Waals surface area contributed by atoms with Gasteiger partial charge in [0, 0.05) is 11.1 Å². The molecule has 0 radical (unpaired) electrons. The van der Waals surface area contributed by atoms with Crippen molar-refractivity contribution in [1.29, 1.82) is 0 Å². The normalized spacial score (nSPS) is 11.0. The zero-order valence-corrected chi connectivity index (χ0v) is 8.75. The van der Waals surface area contributed by atoms with Gasteiger partial charge in [-0.15, -0.1) is 0 Å². The van der Waals surface area contributed by atoms with Crippen molar-refractivity contribution >= 4 is 17.6 Å². The maximum Gasteiger partial charge on any atom is 0.441 e. The fourth-order valence-electron chi connectivity index (χ4n) is 0.906. The fraction of sp³-hybridized carbons (Fsp3) is 0.222. The number of benzene rings is 1. The third-order valence-corrected chi connectivity index (χ3v) is 1.84. The molecule has 0 atom stereocenters. The molecule has 0 aromatic heterocycles. The van der Waals surface area contributed by atoms with E-state index in [-0.39, 0.29) is 10.8 Å². The van der Waals surface area contributed by atoms with Crippen molar-refractivity contribution in [2.45, 2.75) is 6.11 Å². The molecule has 0 amide bonds. The summed E-state index contributed by atoms with van der Waals surface area (Å²) in [4.78, 5) is 10.0. The Morgan fingerprint density at radius 2 is 2.06 bits per heavy atom. The summed E-state index contributed by atoms with van der Waals surface area (Å²) in [7, 11) is 1.20. The van der Waals surface area contributed by atoms with Gasteiger partial charge in [0.25, 0.3) is 0 Å². The molecule has 0 aliphatic heterocycles. The number of carboxylic acid groups (broad SMARTS) is 1. The van der Waals surface area contributed by atoms with Crippen LogP contribution < -0.4 is 14.6 Å². The first kappa shape index (κ1) is 12.5. The highest BCUT2D eigenvalue weighted by Gasteiger charge is 2.35. The maximum atomic E-state index is 12.7. The number of ether oxygens (including phenoxy) is 2. The van der Waals surface area contributed by atoms with Gasteiger partial charge in [-0.05, 0) is 12.1 Å². The first-order chi connectivity index (χ1) is 7.36. The topological polar surface area (TPSA) is 58.6 Å². The first-order valence-corrected chi connectivity index (χ1v) is 4.36. The van der Waals surface area contributed by atoms with E-state index in [1.807, 2.05) is 0 Å². The first-order valence-electron chi connectivity index (χ1n) is 3.98. The summed E-state index contributed by atoms with van der Waals surface area (Å²) >= 11 is 5.58. The largest absolute Gasteiger partial charge is 0.541 e. The molecule has 0 N–H and O–H groups in total. The minimum atomic E-state index is -4.43. The molecule has 0 fully saturated rings. The van der Waals surface area contributed by atoms with Gasteiger partial charge in [0.15, 0.2) is 17.5 Å². The van der Waals surface area contributed by atoms with Crippen LogP contribution in [-0.4, -0.2) is 19.2 Å². The smallest absolute Gasteiger partial charge is 0.441 e. The van der Waals surface area contributed by atoms with E-state index in [4.69, 9.17) is 16.3 Å². The van der Waals surface area contributed by atoms with E-state index >= 15 is 0 Å². The Labute approximate surface area is 94.3 Å². The Morgan fingerprint density at radius 1 is 1.44 bits per heavy atom. The Balaban J connectivity index is 3.01. The number of hydrogen-bond donors (Lipinski definition) is 0. The SMILES string of the molecule is COc1cc(Cl)ccc1OC(F)(F)C(=O)[O-]. The molecule has 16 heavy (non-hydrogen) atoms. The van der Waals surface area contributed by atoms with Crippen LogP contribution in [0.3, 0.4) is 0 Å². The number of carbonyl (C=O) groups is 1. The van der Waals surface area contributed by atoms with E-state index in [0.29, 0.717) is 0 Å². The second-order valence-electron chi connectivity index (χ2n) is 2.70. The highest BCUT2D eigenvalue weighted by atomic mass is 35.5. The molecule has 0 saturated carbocycles. The number of methoxy groups -OCH3 is 1. The highest BCUT2D eigenvalue weighted by molar-refractivity contribution is 6.30. The van der Waals surface area contributed by atoms with Crippen molar-refractivity contribution in [3.8, 4) is 11.5 Å². The molecule has 7 heteroatoms. The van der Waals surface area contributed by atoms with E-state index in [2.05, 4.69) is 4.74 Å². The molecule has 0 saturated heterocycles. The molecule has 1 rings (SSSR count). The Morgan fingerprint density at radius 3 is 2.56 bits per heavy atom. The average molecular weight is 252 g/mol. The van der Waals surface area contributed by atoms with Gasteiger partial charge in [-0.25, -0.2) is 0 Å². The zero-order chi connectivity index (χ0) is 12.3. The van der Waals surface area contributed by atoms with Gasteiger partial charge in [-0.3, -0.25) is 0 Å². The van der Waals surface area contributed by atoms with Crippen LogP contribution in [0.2, 0.25) is 5.02 Å². The predicted octanol–water partition coefficient (Wildman–Crippen LogP) is 1.07. The molecule has 0 bridgehead atoms. The Bertz CT molecular complexity index is 408. The second kappa shape index (κ2) is 4.52.